The molecule has 1 heterocycles. The van der Waals surface area contributed by atoms with Crippen molar-refractivity contribution in [2.45, 2.75) is 6.92 Å². The molecule has 0 aliphatic carbocycles. The lowest BCUT2D eigenvalue weighted by Crippen LogP contribution is -1.98. The smallest absolute Gasteiger partial charge is 0.126 e. The highest BCUT2D eigenvalue weighted by atomic mass is 35.5. The first-order valence-electron chi connectivity index (χ1n) is 3.32. The van der Waals surface area contributed by atoms with Crippen LogP contribution in [0.25, 0.3) is 0 Å². The Balaban J connectivity index is 2.54. The van der Waals surface area contributed by atoms with E-state index in [-0.39, 0.29) is 0 Å². The molecule has 0 N–H and O–H groups in total. The third-order valence-corrected chi connectivity index (χ3v) is 1.74. The first-order chi connectivity index (χ1) is 5.25. The highest BCUT2D eigenvalue weighted by Gasteiger charge is 2.11. The fraction of sp³-hybridized carbons (Fsp3) is 0.125. The number of aliphatic imine (C=N–C) groups is 1. The van der Waals surface area contributed by atoms with Gasteiger partial charge in [0.1, 0.15) is 5.84 Å². The molecule has 0 aromatic heterocycles. The third kappa shape index (κ3) is 1.10. The van der Waals surface area contributed by atoms with Crippen LogP contribution in [0.1, 0.15) is 6.92 Å². The Hall–Kier alpha value is -1.02. The number of nitrogens with zero attached hydrogens (tertiary/aromatic N) is 2. The molecule has 0 fully saturated rings. The van der Waals surface area contributed by atoms with Crippen molar-refractivity contribution in [2.24, 2.45) is 4.99 Å². The van der Waals surface area contributed by atoms with Crippen molar-refractivity contribution in [3.05, 3.63) is 23.2 Å². The van der Waals surface area contributed by atoms with Gasteiger partial charge in [-0.3, -0.25) is 0 Å². The molecule has 2 nitrogen and oxygen atoms in total. The molecule has 2 rings (SSSR count). The molecular formula is C8H6ClN2. The van der Waals surface area contributed by atoms with Gasteiger partial charge in [0.05, 0.1) is 11.4 Å². The number of hydrogen-bond acceptors (Lipinski definition) is 1. The van der Waals surface area contributed by atoms with Gasteiger partial charge in [0.15, 0.2) is 0 Å². The first kappa shape index (κ1) is 6.68. The Bertz CT molecular complexity index is 331. The molecule has 0 spiro atoms. The average Bonchev–Trinajstić information content (AvgIpc) is 2.27. The second-order valence-electron chi connectivity index (χ2n) is 2.40. The van der Waals surface area contributed by atoms with Gasteiger partial charge in [-0.05, 0) is 25.1 Å². The summed E-state index contributed by atoms with van der Waals surface area (Å²) in [6, 6.07) is 5.51. The number of benzene rings is 1. The van der Waals surface area contributed by atoms with Crippen molar-refractivity contribution in [3.8, 4) is 0 Å². The molecule has 0 saturated heterocycles. The molecule has 0 bridgehead atoms. The van der Waals surface area contributed by atoms with Gasteiger partial charge in [-0.15, -0.1) is 0 Å². The van der Waals surface area contributed by atoms with Crippen LogP contribution in [-0.2, 0) is 0 Å². The fourth-order valence-corrected chi connectivity index (χ4v) is 1.22. The lowest BCUT2D eigenvalue weighted by Gasteiger charge is -1.94. The number of rotatable bonds is 0. The highest BCUT2D eigenvalue weighted by molar-refractivity contribution is 6.31. The van der Waals surface area contributed by atoms with Crippen LogP contribution in [0, 0.1) is 0 Å². The summed E-state index contributed by atoms with van der Waals surface area (Å²) in [7, 11) is 0. The maximum Gasteiger partial charge on any atom is 0.126 e. The first-order valence-corrected chi connectivity index (χ1v) is 3.70. The number of fused-ring (bicyclic) bond motifs is 1. The van der Waals surface area contributed by atoms with Crippen LogP contribution in [0.15, 0.2) is 23.2 Å². The zero-order valence-electron chi connectivity index (χ0n) is 6.00. The lowest BCUT2D eigenvalue weighted by molar-refractivity contribution is 1.29. The molecule has 0 unspecified atom stereocenters. The summed E-state index contributed by atoms with van der Waals surface area (Å²) in [4.78, 5) is 4.18. The van der Waals surface area contributed by atoms with Gasteiger partial charge in [0.2, 0.25) is 0 Å². The van der Waals surface area contributed by atoms with Gasteiger partial charge in [-0.2, -0.15) is 0 Å². The molecule has 11 heavy (non-hydrogen) atoms. The SMILES string of the molecule is CC1=Nc2cc(Cl)ccc2[N]1. The van der Waals surface area contributed by atoms with E-state index >= 15 is 0 Å². The number of amidine groups is 1. The number of hydrogen-bond donors (Lipinski definition) is 0. The summed E-state index contributed by atoms with van der Waals surface area (Å²) < 4.78 is 0. The molecule has 1 aliphatic rings. The summed E-state index contributed by atoms with van der Waals surface area (Å²) in [5.41, 5.74) is 1.78. The minimum Gasteiger partial charge on any atom is -0.232 e. The molecule has 0 atom stereocenters. The summed E-state index contributed by atoms with van der Waals surface area (Å²) in [6.45, 7) is 1.87. The maximum absolute atomic E-state index is 5.76. The van der Waals surface area contributed by atoms with E-state index in [0.717, 1.165) is 17.2 Å². The summed E-state index contributed by atoms with van der Waals surface area (Å²) in [5, 5.41) is 4.89. The Morgan fingerprint density at radius 3 is 2.91 bits per heavy atom. The Morgan fingerprint density at radius 2 is 2.09 bits per heavy atom. The van der Waals surface area contributed by atoms with Crippen LogP contribution >= 0.6 is 11.6 Å². The van der Waals surface area contributed by atoms with E-state index in [1.54, 1.807) is 0 Å². The van der Waals surface area contributed by atoms with Crippen LogP contribution < -0.4 is 5.32 Å². The quantitative estimate of drug-likeness (QED) is 0.565. The molecule has 1 aliphatic heterocycles. The van der Waals surface area contributed by atoms with Crippen LogP contribution in [0.4, 0.5) is 11.4 Å². The highest BCUT2D eigenvalue weighted by Crippen LogP contribution is 2.32. The third-order valence-electron chi connectivity index (χ3n) is 1.50. The molecule has 0 amide bonds. The molecule has 3 heteroatoms. The van der Waals surface area contributed by atoms with Crippen LogP contribution in [0.2, 0.25) is 5.02 Å². The van der Waals surface area contributed by atoms with Gasteiger partial charge >= 0.3 is 0 Å². The summed E-state index contributed by atoms with van der Waals surface area (Å²) >= 11 is 5.76. The van der Waals surface area contributed by atoms with Gasteiger partial charge in [-0.25, -0.2) is 10.3 Å². The Labute approximate surface area is 69.9 Å². The van der Waals surface area contributed by atoms with E-state index in [9.17, 15) is 0 Å². The topological polar surface area (TPSA) is 26.5 Å². The average molecular weight is 166 g/mol. The Morgan fingerprint density at radius 1 is 1.27 bits per heavy atom. The van der Waals surface area contributed by atoms with E-state index in [1.165, 1.54) is 0 Å². The summed E-state index contributed by atoms with van der Waals surface area (Å²) in [5.74, 6) is 0.794. The molecule has 55 valence electrons. The zero-order chi connectivity index (χ0) is 7.84. The normalized spacial score (nSPS) is 13.8. The zero-order valence-corrected chi connectivity index (χ0v) is 6.76. The van der Waals surface area contributed by atoms with E-state index in [1.807, 2.05) is 25.1 Å². The van der Waals surface area contributed by atoms with Crippen LogP contribution in [0.3, 0.4) is 0 Å². The summed E-state index contributed by atoms with van der Waals surface area (Å²) in [6.07, 6.45) is 0. The van der Waals surface area contributed by atoms with Crippen molar-refractivity contribution in [3.63, 3.8) is 0 Å². The fourth-order valence-electron chi connectivity index (χ4n) is 1.05. The lowest BCUT2D eigenvalue weighted by atomic mass is 10.3. The van der Waals surface area contributed by atoms with E-state index in [0.29, 0.717) is 5.02 Å². The van der Waals surface area contributed by atoms with Crippen LogP contribution in [0.5, 0.6) is 0 Å². The minimum absolute atomic E-state index is 0.706. The van der Waals surface area contributed by atoms with Gasteiger partial charge in [-0.1, -0.05) is 11.6 Å². The monoisotopic (exact) mass is 165 g/mol. The van der Waals surface area contributed by atoms with Crippen molar-refractivity contribution in [2.75, 3.05) is 0 Å². The predicted molar refractivity (Wildman–Crippen MR) is 46.0 cm³/mol. The number of halogens is 1. The molecular weight excluding hydrogens is 160 g/mol. The van der Waals surface area contributed by atoms with Crippen molar-refractivity contribution in [1.82, 2.24) is 5.32 Å². The largest absolute Gasteiger partial charge is 0.232 e. The van der Waals surface area contributed by atoms with E-state index in [4.69, 9.17) is 11.6 Å². The van der Waals surface area contributed by atoms with Crippen molar-refractivity contribution in [1.29, 1.82) is 0 Å². The van der Waals surface area contributed by atoms with E-state index in [2.05, 4.69) is 10.3 Å². The molecule has 1 aromatic carbocycles. The van der Waals surface area contributed by atoms with Gasteiger partial charge < -0.3 is 0 Å². The standard InChI is InChI=1S/C8H6ClN2/c1-5-10-7-3-2-6(9)4-8(7)11-5/h2-4H,1H3. The molecule has 1 aromatic rings. The van der Waals surface area contributed by atoms with Crippen molar-refractivity contribution >= 4 is 28.8 Å². The minimum atomic E-state index is 0.706. The van der Waals surface area contributed by atoms with Gasteiger partial charge in [0.25, 0.3) is 0 Å². The van der Waals surface area contributed by atoms with E-state index < -0.39 is 0 Å². The predicted octanol–water partition coefficient (Wildman–Crippen LogP) is 2.64. The second kappa shape index (κ2) is 2.24. The van der Waals surface area contributed by atoms with Crippen molar-refractivity contribution < 1.29 is 0 Å². The Kier molecular flexibility index (Phi) is 1.36. The van der Waals surface area contributed by atoms with Gasteiger partial charge in [0, 0.05) is 5.02 Å². The second-order valence-corrected chi connectivity index (χ2v) is 2.84. The van der Waals surface area contributed by atoms with Crippen LogP contribution in [-0.4, -0.2) is 5.84 Å². The molecule has 0 saturated carbocycles. The maximum atomic E-state index is 5.76. The molecule has 1 radical (unpaired) electrons.